The summed E-state index contributed by atoms with van der Waals surface area (Å²) < 4.78 is 10.1. The summed E-state index contributed by atoms with van der Waals surface area (Å²) in [5.74, 6) is -1.51. The minimum absolute atomic E-state index is 0.0834. The van der Waals surface area contributed by atoms with E-state index in [4.69, 9.17) is 9.47 Å². The number of nitrogens with zero attached hydrogens (tertiary/aromatic N) is 1. The van der Waals surface area contributed by atoms with E-state index in [0.717, 1.165) is 5.56 Å². The minimum Gasteiger partial charge on any atom is -0.464 e. The maximum Gasteiger partial charge on any atom is 0.434 e. The molecule has 0 unspecified atom stereocenters. The maximum absolute atomic E-state index is 12.2. The first-order valence-corrected chi connectivity index (χ1v) is 8.72. The highest BCUT2D eigenvalue weighted by molar-refractivity contribution is 6.08. The summed E-state index contributed by atoms with van der Waals surface area (Å²) in [6.07, 6.45) is -2.23. The molecule has 0 heterocycles. The van der Waals surface area contributed by atoms with Crippen molar-refractivity contribution in [1.82, 2.24) is 0 Å². The molecule has 0 saturated heterocycles. The van der Waals surface area contributed by atoms with Gasteiger partial charge in [0.05, 0.1) is 12.3 Å². The summed E-state index contributed by atoms with van der Waals surface area (Å²) in [5.41, 5.74) is 1.71. The molecule has 1 N–H and O–H groups in total. The van der Waals surface area contributed by atoms with Gasteiger partial charge in [-0.2, -0.15) is 4.99 Å². The summed E-state index contributed by atoms with van der Waals surface area (Å²) in [5, 5.41) is 10.3. The average molecular weight is 369 g/mol. The lowest BCUT2D eigenvalue weighted by Crippen LogP contribution is -2.35. The van der Waals surface area contributed by atoms with Crippen molar-refractivity contribution in [3.63, 3.8) is 0 Å². The van der Waals surface area contributed by atoms with Gasteiger partial charge < -0.3 is 14.6 Å². The fourth-order valence-electron chi connectivity index (χ4n) is 2.47. The quantitative estimate of drug-likeness (QED) is 0.597. The molecular weight excluding hydrogens is 346 g/mol. The van der Waals surface area contributed by atoms with E-state index in [9.17, 15) is 14.7 Å². The van der Waals surface area contributed by atoms with Gasteiger partial charge >= 0.3 is 12.1 Å². The SMILES string of the molecule is CCOC(=O)[C@@H](O)[C@@H](C)/C(=N/C(=O)OCc1ccccc1)c1ccccc1. The Kier molecular flexibility index (Phi) is 7.70. The van der Waals surface area contributed by atoms with Crippen LogP contribution in [0.2, 0.25) is 0 Å². The van der Waals surface area contributed by atoms with E-state index in [0.29, 0.717) is 5.56 Å². The molecule has 0 saturated carbocycles. The molecule has 2 aromatic rings. The van der Waals surface area contributed by atoms with Crippen LogP contribution < -0.4 is 0 Å². The van der Waals surface area contributed by atoms with Gasteiger partial charge in [0.15, 0.2) is 6.10 Å². The number of carbonyl (C=O) groups excluding carboxylic acids is 2. The molecule has 0 aliphatic carbocycles. The number of benzene rings is 2. The minimum atomic E-state index is -1.44. The smallest absolute Gasteiger partial charge is 0.434 e. The van der Waals surface area contributed by atoms with E-state index in [1.165, 1.54) is 0 Å². The first-order valence-electron chi connectivity index (χ1n) is 8.72. The van der Waals surface area contributed by atoms with Crippen molar-refractivity contribution >= 4 is 17.8 Å². The van der Waals surface area contributed by atoms with Crippen molar-refractivity contribution in [2.75, 3.05) is 6.61 Å². The van der Waals surface area contributed by atoms with Crippen molar-refractivity contribution in [3.8, 4) is 0 Å². The molecule has 0 fully saturated rings. The van der Waals surface area contributed by atoms with E-state index < -0.39 is 24.1 Å². The number of hydrogen-bond donors (Lipinski definition) is 1. The lowest BCUT2D eigenvalue weighted by molar-refractivity contribution is -0.154. The fourth-order valence-corrected chi connectivity index (χ4v) is 2.47. The third-order valence-electron chi connectivity index (χ3n) is 3.92. The van der Waals surface area contributed by atoms with Crippen molar-refractivity contribution < 1.29 is 24.2 Å². The van der Waals surface area contributed by atoms with Crippen LogP contribution in [0.3, 0.4) is 0 Å². The zero-order valence-electron chi connectivity index (χ0n) is 15.4. The fraction of sp³-hybridized carbons (Fsp3) is 0.286. The first kappa shape index (κ1) is 20.3. The topological polar surface area (TPSA) is 85.2 Å². The van der Waals surface area contributed by atoms with Gasteiger partial charge in [-0.05, 0) is 18.1 Å². The molecule has 6 heteroatoms. The zero-order valence-corrected chi connectivity index (χ0v) is 15.4. The lowest BCUT2D eigenvalue weighted by atomic mass is 9.93. The third-order valence-corrected chi connectivity index (χ3v) is 3.92. The number of esters is 1. The van der Waals surface area contributed by atoms with Crippen molar-refractivity contribution in [2.45, 2.75) is 26.6 Å². The number of rotatable bonds is 7. The first-order chi connectivity index (χ1) is 13.0. The van der Waals surface area contributed by atoms with Crippen LogP contribution in [0.25, 0.3) is 0 Å². The van der Waals surface area contributed by atoms with Crippen LogP contribution in [0.15, 0.2) is 65.7 Å². The second-order valence-electron chi connectivity index (χ2n) is 5.89. The molecule has 0 radical (unpaired) electrons. The van der Waals surface area contributed by atoms with E-state index in [1.807, 2.05) is 36.4 Å². The van der Waals surface area contributed by atoms with Crippen LogP contribution in [-0.4, -0.2) is 35.6 Å². The number of amides is 1. The Morgan fingerprint density at radius 2 is 1.59 bits per heavy atom. The average Bonchev–Trinajstić information content (AvgIpc) is 2.71. The van der Waals surface area contributed by atoms with Gasteiger partial charge in [0.1, 0.15) is 6.61 Å². The summed E-state index contributed by atoms with van der Waals surface area (Å²) in [7, 11) is 0. The Balaban J connectivity index is 2.20. The van der Waals surface area contributed by atoms with Crippen LogP contribution in [0, 0.1) is 5.92 Å². The highest BCUT2D eigenvalue weighted by Gasteiger charge is 2.29. The lowest BCUT2D eigenvalue weighted by Gasteiger charge is -2.19. The number of hydrogen-bond acceptors (Lipinski definition) is 5. The van der Waals surface area contributed by atoms with Gasteiger partial charge in [0.2, 0.25) is 0 Å². The molecule has 27 heavy (non-hydrogen) atoms. The molecule has 2 aromatic carbocycles. The molecule has 0 spiro atoms. The molecular formula is C21H23NO5. The normalized spacial score (nSPS) is 13.5. The predicted octanol–water partition coefficient (Wildman–Crippen LogP) is 3.37. The summed E-state index contributed by atoms with van der Waals surface area (Å²) >= 11 is 0. The van der Waals surface area contributed by atoms with Gasteiger partial charge in [0.25, 0.3) is 0 Å². The molecule has 6 nitrogen and oxygen atoms in total. The van der Waals surface area contributed by atoms with Crippen LogP contribution in [0.1, 0.15) is 25.0 Å². The molecule has 0 aromatic heterocycles. The number of ether oxygens (including phenoxy) is 2. The molecule has 0 aliphatic heterocycles. The monoisotopic (exact) mass is 369 g/mol. The summed E-state index contributed by atoms with van der Waals surface area (Å²) in [4.78, 5) is 28.1. The highest BCUT2D eigenvalue weighted by atomic mass is 16.5. The molecule has 2 rings (SSSR count). The second kappa shape index (κ2) is 10.2. The Hall–Kier alpha value is -2.99. The number of aliphatic hydroxyl groups excluding tert-OH is 1. The molecule has 2 atom stereocenters. The third kappa shape index (κ3) is 6.04. The van der Waals surface area contributed by atoms with E-state index in [2.05, 4.69) is 4.99 Å². The van der Waals surface area contributed by atoms with Crippen LogP contribution in [0.5, 0.6) is 0 Å². The van der Waals surface area contributed by atoms with E-state index in [-0.39, 0.29) is 18.9 Å². The highest BCUT2D eigenvalue weighted by Crippen LogP contribution is 2.16. The Morgan fingerprint density at radius 1 is 1.00 bits per heavy atom. The Morgan fingerprint density at radius 3 is 2.19 bits per heavy atom. The molecule has 0 aliphatic rings. The second-order valence-corrected chi connectivity index (χ2v) is 5.89. The maximum atomic E-state index is 12.2. The van der Waals surface area contributed by atoms with Crippen LogP contribution >= 0.6 is 0 Å². The standard InChI is InChI=1S/C21H23NO5/c1-3-26-20(24)19(23)15(2)18(17-12-8-5-9-13-17)22-21(25)27-14-16-10-6-4-7-11-16/h4-13,15,19,23H,3,14H2,1-2H3/b22-18-/t15-,19-/m0/s1. The van der Waals surface area contributed by atoms with E-state index in [1.54, 1.807) is 38.1 Å². The van der Waals surface area contributed by atoms with Gasteiger partial charge in [-0.15, -0.1) is 0 Å². The molecule has 1 amide bonds. The van der Waals surface area contributed by atoms with Crippen LogP contribution in [-0.2, 0) is 20.9 Å². The number of carbonyl (C=O) groups is 2. The van der Waals surface area contributed by atoms with Gasteiger partial charge in [-0.3, -0.25) is 0 Å². The summed E-state index contributed by atoms with van der Waals surface area (Å²) in [6, 6.07) is 18.1. The van der Waals surface area contributed by atoms with Gasteiger partial charge in [-0.25, -0.2) is 9.59 Å². The van der Waals surface area contributed by atoms with E-state index >= 15 is 0 Å². The molecule has 142 valence electrons. The predicted molar refractivity (Wildman–Crippen MR) is 101 cm³/mol. The molecule has 0 bridgehead atoms. The number of aliphatic imine (C=N–C) groups is 1. The summed E-state index contributed by atoms with van der Waals surface area (Å²) in [6.45, 7) is 3.50. The van der Waals surface area contributed by atoms with Crippen molar-refractivity contribution in [1.29, 1.82) is 0 Å². The Labute approximate surface area is 158 Å². The van der Waals surface area contributed by atoms with Crippen LogP contribution in [0.4, 0.5) is 4.79 Å². The largest absolute Gasteiger partial charge is 0.464 e. The van der Waals surface area contributed by atoms with Crippen molar-refractivity contribution in [3.05, 3.63) is 71.8 Å². The Bertz CT molecular complexity index is 774. The number of aliphatic hydroxyl groups is 1. The van der Waals surface area contributed by atoms with Crippen molar-refractivity contribution in [2.24, 2.45) is 10.9 Å². The van der Waals surface area contributed by atoms with Gasteiger partial charge in [0, 0.05) is 5.92 Å². The zero-order chi connectivity index (χ0) is 19.6. The van der Waals surface area contributed by atoms with Gasteiger partial charge in [-0.1, -0.05) is 67.6 Å².